The summed E-state index contributed by atoms with van der Waals surface area (Å²) in [4.78, 5) is 16.5. The normalized spacial score (nSPS) is 24.4. The van der Waals surface area contributed by atoms with Crippen LogP contribution in [0, 0.1) is 0 Å². The molecule has 3 nitrogen and oxygen atoms in total. The Labute approximate surface area is 122 Å². The van der Waals surface area contributed by atoms with Crippen molar-refractivity contribution >= 4 is 27.5 Å². The van der Waals surface area contributed by atoms with Gasteiger partial charge in [0.1, 0.15) is 0 Å². The van der Waals surface area contributed by atoms with Gasteiger partial charge in [0.15, 0.2) is 0 Å². The molecule has 1 aromatic rings. The Balaban J connectivity index is 1.66. The second-order valence-electron chi connectivity index (χ2n) is 5.46. The van der Waals surface area contributed by atoms with Crippen molar-refractivity contribution in [2.24, 2.45) is 0 Å². The predicted molar refractivity (Wildman–Crippen MR) is 80.6 cm³/mol. The first-order valence-corrected chi connectivity index (χ1v) is 7.90. The van der Waals surface area contributed by atoms with E-state index in [1.165, 1.54) is 31.5 Å². The summed E-state index contributed by atoms with van der Waals surface area (Å²) in [5, 5.41) is 0. The summed E-state index contributed by atoms with van der Waals surface area (Å²) in [5.41, 5.74) is 2.37. The first kappa shape index (κ1) is 13.1. The van der Waals surface area contributed by atoms with Crippen LogP contribution in [0.25, 0.3) is 0 Å². The van der Waals surface area contributed by atoms with Gasteiger partial charge in [-0.1, -0.05) is 28.1 Å². The quantitative estimate of drug-likeness (QED) is 0.799. The largest absolute Gasteiger partial charge is 0.311 e. The number of likely N-dealkylation sites (tertiary alicyclic amines) is 1. The summed E-state index contributed by atoms with van der Waals surface area (Å²) in [5.74, 6) is 0.217. The van der Waals surface area contributed by atoms with Crippen molar-refractivity contribution in [1.29, 1.82) is 0 Å². The number of amides is 1. The maximum Gasteiger partial charge on any atom is 0.228 e. The molecule has 2 saturated heterocycles. The average Bonchev–Trinajstić information content (AvgIpc) is 3.00. The van der Waals surface area contributed by atoms with E-state index in [-0.39, 0.29) is 5.91 Å². The van der Waals surface area contributed by atoms with E-state index < -0.39 is 0 Å². The number of benzene rings is 1. The number of carbonyl (C=O) groups is 1. The van der Waals surface area contributed by atoms with E-state index in [2.05, 4.69) is 45.1 Å². The van der Waals surface area contributed by atoms with Gasteiger partial charge >= 0.3 is 0 Å². The fourth-order valence-electron chi connectivity index (χ4n) is 2.89. The molecule has 0 spiro atoms. The highest BCUT2D eigenvalue weighted by molar-refractivity contribution is 9.09. The van der Waals surface area contributed by atoms with Gasteiger partial charge in [-0.3, -0.25) is 9.69 Å². The van der Waals surface area contributed by atoms with Crippen LogP contribution in [0.2, 0.25) is 0 Å². The van der Waals surface area contributed by atoms with Crippen molar-refractivity contribution in [3.8, 4) is 0 Å². The van der Waals surface area contributed by atoms with E-state index >= 15 is 0 Å². The molecule has 2 aliphatic heterocycles. The molecule has 1 aromatic carbocycles. The van der Waals surface area contributed by atoms with Gasteiger partial charge in [-0.25, -0.2) is 0 Å². The summed E-state index contributed by atoms with van der Waals surface area (Å²) in [7, 11) is 0. The summed E-state index contributed by atoms with van der Waals surface area (Å²) >= 11 is 3.52. The minimum Gasteiger partial charge on any atom is -0.311 e. The molecule has 0 bridgehead atoms. The van der Waals surface area contributed by atoms with Gasteiger partial charge in [-0.05, 0) is 43.6 Å². The van der Waals surface area contributed by atoms with Crippen LogP contribution in [-0.4, -0.2) is 35.3 Å². The van der Waals surface area contributed by atoms with E-state index in [9.17, 15) is 4.79 Å². The zero-order chi connectivity index (χ0) is 13.2. The van der Waals surface area contributed by atoms with E-state index in [1.807, 2.05) is 4.90 Å². The number of halogens is 1. The number of hydrogen-bond acceptors (Lipinski definition) is 2. The fourth-order valence-corrected chi connectivity index (χ4v) is 3.46. The topological polar surface area (TPSA) is 23.6 Å². The third-order valence-electron chi connectivity index (χ3n) is 3.93. The first-order chi connectivity index (χ1) is 9.22. The van der Waals surface area contributed by atoms with E-state index in [0.717, 1.165) is 18.8 Å². The minimum atomic E-state index is 0.217. The van der Waals surface area contributed by atoms with Crippen LogP contribution in [-0.2, 0) is 11.3 Å². The van der Waals surface area contributed by atoms with Crippen LogP contribution in [0.5, 0.6) is 0 Å². The molecule has 0 N–H and O–H groups in total. The summed E-state index contributed by atoms with van der Waals surface area (Å²) in [6.45, 7) is 4.26. The number of carbonyl (C=O) groups excluding carboxylic acids is 1. The van der Waals surface area contributed by atoms with Crippen LogP contribution in [0.4, 0.5) is 5.69 Å². The summed E-state index contributed by atoms with van der Waals surface area (Å²) in [6.07, 6.45) is 3.26. The number of anilines is 1. The second kappa shape index (κ2) is 5.63. The molecule has 4 heteroatoms. The Kier molecular flexibility index (Phi) is 3.89. The molecular formula is C15H19BrN2O. The molecule has 19 heavy (non-hydrogen) atoms. The zero-order valence-electron chi connectivity index (χ0n) is 11.0. The van der Waals surface area contributed by atoms with Crippen LogP contribution in [0.15, 0.2) is 24.3 Å². The Morgan fingerprint density at radius 1 is 1.16 bits per heavy atom. The predicted octanol–water partition coefficient (Wildman–Crippen LogP) is 2.78. The lowest BCUT2D eigenvalue weighted by Gasteiger charge is -2.18. The molecule has 0 radical (unpaired) electrons. The molecule has 1 amide bonds. The van der Waals surface area contributed by atoms with Gasteiger partial charge in [-0.15, -0.1) is 0 Å². The molecule has 1 atom stereocenters. The maximum absolute atomic E-state index is 11.8. The molecule has 2 fully saturated rings. The highest BCUT2D eigenvalue weighted by Gasteiger charge is 2.28. The highest BCUT2D eigenvalue weighted by Crippen LogP contribution is 2.25. The lowest BCUT2D eigenvalue weighted by atomic mass is 10.2. The van der Waals surface area contributed by atoms with Gasteiger partial charge in [0.25, 0.3) is 0 Å². The lowest BCUT2D eigenvalue weighted by molar-refractivity contribution is -0.117. The van der Waals surface area contributed by atoms with Crippen molar-refractivity contribution in [2.45, 2.75) is 30.6 Å². The molecule has 0 aliphatic carbocycles. The minimum absolute atomic E-state index is 0.217. The zero-order valence-corrected chi connectivity index (χ0v) is 12.6. The van der Waals surface area contributed by atoms with E-state index in [0.29, 0.717) is 11.2 Å². The molecule has 102 valence electrons. The standard InChI is InChI=1S/C15H19BrN2O/c16-13-9-15(19)18(11-13)14-5-3-12(4-6-14)10-17-7-1-2-8-17/h3-6,13H,1-2,7-11H2. The Hall–Kier alpha value is -0.870. The maximum atomic E-state index is 11.8. The Bertz CT molecular complexity index is 454. The number of rotatable bonds is 3. The molecule has 1 unspecified atom stereocenters. The van der Waals surface area contributed by atoms with Crippen LogP contribution < -0.4 is 4.90 Å². The third kappa shape index (κ3) is 3.00. The monoisotopic (exact) mass is 322 g/mol. The highest BCUT2D eigenvalue weighted by atomic mass is 79.9. The number of alkyl halides is 1. The third-order valence-corrected chi connectivity index (χ3v) is 4.54. The van der Waals surface area contributed by atoms with Crippen molar-refractivity contribution in [3.63, 3.8) is 0 Å². The average molecular weight is 323 g/mol. The van der Waals surface area contributed by atoms with Gasteiger partial charge < -0.3 is 4.90 Å². The van der Waals surface area contributed by atoms with Gasteiger partial charge in [0, 0.05) is 30.0 Å². The molecule has 0 aromatic heterocycles. The van der Waals surface area contributed by atoms with Crippen molar-refractivity contribution in [1.82, 2.24) is 4.90 Å². The van der Waals surface area contributed by atoms with E-state index in [1.54, 1.807) is 0 Å². The molecule has 3 rings (SSSR count). The Morgan fingerprint density at radius 2 is 1.84 bits per heavy atom. The van der Waals surface area contributed by atoms with Crippen LogP contribution in [0.3, 0.4) is 0 Å². The van der Waals surface area contributed by atoms with Crippen LogP contribution in [0.1, 0.15) is 24.8 Å². The summed E-state index contributed by atoms with van der Waals surface area (Å²) in [6, 6.07) is 8.47. The fraction of sp³-hybridized carbons (Fsp3) is 0.533. The van der Waals surface area contributed by atoms with Crippen molar-refractivity contribution in [3.05, 3.63) is 29.8 Å². The van der Waals surface area contributed by atoms with Gasteiger partial charge in [-0.2, -0.15) is 0 Å². The van der Waals surface area contributed by atoms with Crippen LogP contribution >= 0.6 is 15.9 Å². The number of nitrogens with zero attached hydrogens (tertiary/aromatic N) is 2. The molecular weight excluding hydrogens is 304 g/mol. The summed E-state index contributed by atoms with van der Waals surface area (Å²) < 4.78 is 0. The molecule has 2 aliphatic rings. The van der Waals surface area contributed by atoms with Crippen molar-refractivity contribution < 1.29 is 4.79 Å². The van der Waals surface area contributed by atoms with Gasteiger partial charge in [0.2, 0.25) is 5.91 Å². The SMILES string of the molecule is O=C1CC(Br)CN1c1ccc(CN2CCCC2)cc1. The molecule has 2 heterocycles. The van der Waals surface area contributed by atoms with Gasteiger partial charge in [0.05, 0.1) is 0 Å². The smallest absolute Gasteiger partial charge is 0.228 e. The number of hydrogen-bond donors (Lipinski definition) is 0. The molecule has 0 saturated carbocycles. The Morgan fingerprint density at radius 3 is 2.42 bits per heavy atom. The second-order valence-corrected chi connectivity index (χ2v) is 6.75. The first-order valence-electron chi connectivity index (χ1n) is 6.98. The van der Waals surface area contributed by atoms with E-state index in [4.69, 9.17) is 0 Å². The van der Waals surface area contributed by atoms with Crippen molar-refractivity contribution in [2.75, 3.05) is 24.5 Å². The lowest BCUT2D eigenvalue weighted by Crippen LogP contribution is -2.24.